The highest BCUT2D eigenvalue weighted by Crippen LogP contribution is 2.37. The Morgan fingerprint density at radius 1 is 1.60 bits per heavy atom. The monoisotopic (exact) mass is 219 g/mol. The minimum absolute atomic E-state index is 0.00556. The molecule has 0 atom stereocenters. The minimum atomic E-state index is -0.471. The van der Waals surface area contributed by atoms with Crippen LogP contribution in [0, 0.1) is 21.4 Å². The van der Waals surface area contributed by atoms with Crippen LogP contribution in [-0.2, 0) is 0 Å². The van der Waals surface area contributed by atoms with Crippen LogP contribution in [0.15, 0.2) is 23.7 Å². The van der Waals surface area contributed by atoms with E-state index in [0.29, 0.717) is 16.8 Å². The summed E-state index contributed by atoms with van der Waals surface area (Å²) in [5.41, 5.74) is 1.30. The first-order chi connectivity index (χ1) is 7.24. The molecule has 0 amide bonds. The van der Waals surface area contributed by atoms with E-state index < -0.39 is 4.92 Å². The van der Waals surface area contributed by atoms with E-state index in [9.17, 15) is 10.1 Å². The molecule has 0 aliphatic rings. The second-order valence-corrected chi connectivity index (χ2v) is 3.64. The molecule has 6 heteroatoms. The standard InChI is InChI=1S/C9H5N3O2S/c10-4-6-5-15-9(12(13)14)8(6)7-2-1-3-11-7/h1-3,5,11H. The van der Waals surface area contributed by atoms with Gasteiger partial charge in [0.1, 0.15) is 11.6 Å². The van der Waals surface area contributed by atoms with Crippen LogP contribution in [0.1, 0.15) is 5.56 Å². The molecular weight excluding hydrogens is 214 g/mol. The number of nitro groups is 1. The van der Waals surface area contributed by atoms with Crippen molar-refractivity contribution in [3.63, 3.8) is 0 Å². The summed E-state index contributed by atoms with van der Waals surface area (Å²) in [5, 5.41) is 21.1. The van der Waals surface area contributed by atoms with E-state index in [-0.39, 0.29) is 5.00 Å². The molecule has 0 aliphatic heterocycles. The Balaban J connectivity index is 2.67. The predicted octanol–water partition coefficient (Wildman–Crippen LogP) is 2.52. The summed E-state index contributed by atoms with van der Waals surface area (Å²) in [5.74, 6) is 0. The topological polar surface area (TPSA) is 82.7 Å². The lowest BCUT2D eigenvalue weighted by atomic mass is 10.1. The number of nitrogens with one attached hydrogen (secondary N) is 1. The molecule has 0 radical (unpaired) electrons. The summed E-state index contributed by atoms with van der Waals surface area (Å²) in [4.78, 5) is 13.1. The molecule has 0 saturated carbocycles. The quantitative estimate of drug-likeness (QED) is 0.622. The maximum atomic E-state index is 10.7. The average molecular weight is 219 g/mol. The first-order valence-corrected chi connectivity index (χ1v) is 4.91. The Labute approximate surface area is 88.7 Å². The van der Waals surface area contributed by atoms with E-state index in [0.717, 1.165) is 11.3 Å². The van der Waals surface area contributed by atoms with Crippen LogP contribution in [0.3, 0.4) is 0 Å². The van der Waals surface area contributed by atoms with Crippen molar-refractivity contribution in [3.8, 4) is 17.3 Å². The van der Waals surface area contributed by atoms with Gasteiger partial charge in [0, 0.05) is 11.6 Å². The molecule has 0 fully saturated rings. The van der Waals surface area contributed by atoms with Gasteiger partial charge in [-0.3, -0.25) is 10.1 Å². The molecule has 1 N–H and O–H groups in total. The van der Waals surface area contributed by atoms with Gasteiger partial charge >= 0.3 is 5.00 Å². The van der Waals surface area contributed by atoms with Gasteiger partial charge in [-0.05, 0) is 12.1 Å². The molecule has 0 saturated heterocycles. The smallest absolute Gasteiger partial charge is 0.334 e. The molecule has 0 bridgehead atoms. The van der Waals surface area contributed by atoms with Gasteiger partial charge in [-0.25, -0.2) is 0 Å². The lowest BCUT2D eigenvalue weighted by molar-refractivity contribution is -0.379. The molecule has 0 aliphatic carbocycles. The number of nitriles is 1. The number of nitrogens with zero attached hydrogens (tertiary/aromatic N) is 2. The lowest BCUT2D eigenvalue weighted by Crippen LogP contribution is -1.88. The molecular formula is C9H5N3O2S. The number of aromatic amines is 1. The molecule has 0 unspecified atom stereocenters. The van der Waals surface area contributed by atoms with Gasteiger partial charge < -0.3 is 4.98 Å². The Bertz CT molecular complexity index is 536. The SMILES string of the molecule is N#Cc1csc([N+](=O)[O-])c1-c1ccc[nH]1. The summed E-state index contributed by atoms with van der Waals surface area (Å²) in [6.07, 6.45) is 1.66. The van der Waals surface area contributed by atoms with Crippen LogP contribution >= 0.6 is 11.3 Å². The maximum absolute atomic E-state index is 10.7. The predicted molar refractivity (Wildman–Crippen MR) is 55.5 cm³/mol. The number of thiophene rings is 1. The third-order valence-electron chi connectivity index (χ3n) is 1.93. The van der Waals surface area contributed by atoms with E-state index in [4.69, 9.17) is 5.26 Å². The molecule has 2 rings (SSSR count). The summed E-state index contributed by atoms with van der Waals surface area (Å²) in [7, 11) is 0. The van der Waals surface area contributed by atoms with E-state index in [1.165, 1.54) is 5.38 Å². The summed E-state index contributed by atoms with van der Waals surface area (Å²) in [6.45, 7) is 0. The summed E-state index contributed by atoms with van der Waals surface area (Å²) < 4.78 is 0. The van der Waals surface area contributed by atoms with Crippen molar-refractivity contribution in [3.05, 3.63) is 39.4 Å². The van der Waals surface area contributed by atoms with Gasteiger partial charge in [0.2, 0.25) is 0 Å². The molecule has 0 spiro atoms. The highest BCUT2D eigenvalue weighted by Gasteiger charge is 2.22. The van der Waals surface area contributed by atoms with Gasteiger partial charge in [-0.2, -0.15) is 5.26 Å². The fourth-order valence-electron chi connectivity index (χ4n) is 1.31. The average Bonchev–Trinajstić information content (AvgIpc) is 2.85. The molecule has 2 heterocycles. The van der Waals surface area contributed by atoms with Crippen molar-refractivity contribution < 1.29 is 4.92 Å². The van der Waals surface area contributed by atoms with E-state index in [1.807, 2.05) is 6.07 Å². The third kappa shape index (κ3) is 1.49. The summed E-state index contributed by atoms with van der Waals surface area (Å²) >= 11 is 0.966. The van der Waals surface area contributed by atoms with Crippen LogP contribution in [0.25, 0.3) is 11.3 Å². The van der Waals surface area contributed by atoms with Crippen LogP contribution < -0.4 is 0 Å². The van der Waals surface area contributed by atoms with Gasteiger partial charge in [-0.1, -0.05) is 11.3 Å². The molecule has 2 aromatic rings. The second-order valence-electron chi connectivity index (χ2n) is 2.78. The Kier molecular flexibility index (Phi) is 2.23. The largest absolute Gasteiger partial charge is 0.361 e. The van der Waals surface area contributed by atoms with Gasteiger partial charge in [-0.15, -0.1) is 0 Å². The Morgan fingerprint density at radius 3 is 2.93 bits per heavy atom. The van der Waals surface area contributed by atoms with Gasteiger partial charge in [0.25, 0.3) is 0 Å². The number of aromatic nitrogens is 1. The normalized spacial score (nSPS) is 9.80. The van der Waals surface area contributed by atoms with E-state index >= 15 is 0 Å². The minimum Gasteiger partial charge on any atom is -0.361 e. The van der Waals surface area contributed by atoms with Crippen molar-refractivity contribution >= 4 is 16.3 Å². The molecule has 74 valence electrons. The van der Waals surface area contributed by atoms with Gasteiger partial charge in [0.05, 0.1) is 16.2 Å². The van der Waals surface area contributed by atoms with Crippen LogP contribution in [0.5, 0.6) is 0 Å². The Hall–Kier alpha value is -2.13. The number of H-pyrrole nitrogens is 1. The van der Waals surface area contributed by atoms with Crippen molar-refractivity contribution in [2.24, 2.45) is 0 Å². The molecule has 15 heavy (non-hydrogen) atoms. The van der Waals surface area contributed by atoms with E-state index in [1.54, 1.807) is 18.3 Å². The molecule has 0 aromatic carbocycles. The fraction of sp³-hybridized carbons (Fsp3) is 0. The lowest BCUT2D eigenvalue weighted by Gasteiger charge is -1.94. The zero-order chi connectivity index (χ0) is 10.8. The zero-order valence-electron chi connectivity index (χ0n) is 7.43. The first kappa shape index (κ1) is 9.43. The second kappa shape index (κ2) is 3.55. The van der Waals surface area contributed by atoms with Crippen LogP contribution in [0.2, 0.25) is 0 Å². The molecule has 5 nitrogen and oxygen atoms in total. The van der Waals surface area contributed by atoms with Crippen LogP contribution in [0.4, 0.5) is 5.00 Å². The van der Waals surface area contributed by atoms with Crippen LogP contribution in [-0.4, -0.2) is 9.91 Å². The highest BCUT2D eigenvalue weighted by molar-refractivity contribution is 7.14. The number of rotatable bonds is 2. The number of hydrogen-bond acceptors (Lipinski definition) is 4. The van der Waals surface area contributed by atoms with Crippen molar-refractivity contribution in [2.45, 2.75) is 0 Å². The molecule has 2 aromatic heterocycles. The van der Waals surface area contributed by atoms with Crippen molar-refractivity contribution in [1.82, 2.24) is 4.98 Å². The first-order valence-electron chi connectivity index (χ1n) is 4.03. The maximum Gasteiger partial charge on any atom is 0.334 e. The van der Waals surface area contributed by atoms with Crippen molar-refractivity contribution in [1.29, 1.82) is 5.26 Å². The van der Waals surface area contributed by atoms with Gasteiger partial charge in [0.15, 0.2) is 0 Å². The third-order valence-corrected chi connectivity index (χ3v) is 2.86. The van der Waals surface area contributed by atoms with E-state index in [2.05, 4.69) is 4.98 Å². The number of hydrogen-bond donors (Lipinski definition) is 1. The highest BCUT2D eigenvalue weighted by atomic mass is 32.1. The zero-order valence-corrected chi connectivity index (χ0v) is 8.25. The van der Waals surface area contributed by atoms with Crippen molar-refractivity contribution in [2.75, 3.05) is 0 Å². The summed E-state index contributed by atoms with van der Waals surface area (Å²) in [6, 6.07) is 5.38. The Morgan fingerprint density at radius 2 is 2.40 bits per heavy atom. The fourth-order valence-corrected chi connectivity index (χ4v) is 2.13.